The van der Waals surface area contributed by atoms with Crippen LogP contribution in [0.15, 0.2) is 48.5 Å². The molecule has 0 bridgehead atoms. The molecular formula is C20H23N3O3. The van der Waals surface area contributed by atoms with Gasteiger partial charge in [-0.25, -0.2) is 0 Å². The van der Waals surface area contributed by atoms with Crippen molar-refractivity contribution in [2.75, 3.05) is 30.4 Å². The van der Waals surface area contributed by atoms with Gasteiger partial charge < -0.3 is 20.3 Å². The molecule has 1 aliphatic rings. The molecule has 2 N–H and O–H groups in total. The van der Waals surface area contributed by atoms with Gasteiger partial charge in [0.2, 0.25) is 11.8 Å². The molecule has 0 aliphatic carbocycles. The van der Waals surface area contributed by atoms with Crippen molar-refractivity contribution in [3.63, 3.8) is 0 Å². The van der Waals surface area contributed by atoms with E-state index in [1.807, 2.05) is 48.5 Å². The van der Waals surface area contributed by atoms with Crippen LogP contribution in [0.3, 0.4) is 0 Å². The lowest BCUT2D eigenvalue weighted by Gasteiger charge is -2.16. The van der Waals surface area contributed by atoms with Gasteiger partial charge in [-0.1, -0.05) is 12.1 Å². The average Bonchev–Trinajstić information content (AvgIpc) is 3.11. The van der Waals surface area contributed by atoms with Crippen molar-refractivity contribution >= 4 is 23.2 Å². The molecule has 2 aromatic rings. The summed E-state index contributed by atoms with van der Waals surface area (Å²) in [6.45, 7) is 1.41. The molecule has 0 spiro atoms. The van der Waals surface area contributed by atoms with E-state index < -0.39 is 0 Å². The molecule has 26 heavy (non-hydrogen) atoms. The first-order valence-corrected chi connectivity index (χ1v) is 8.69. The molecule has 1 heterocycles. The van der Waals surface area contributed by atoms with Crippen molar-refractivity contribution in [2.24, 2.45) is 0 Å². The van der Waals surface area contributed by atoms with Gasteiger partial charge in [0.25, 0.3) is 0 Å². The van der Waals surface area contributed by atoms with Crippen LogP contribution in [0.4, 0.5) is 11.4 Å². The van der Waals surface area contributed by atoms with Crippen LogP contribution < -0.4 is 20.3 Å². The van der Waals surface area contributed by atoms with Crippen molar-refractivity contribution in [1.82, 2.24) is 5.32 Å². The number of anilines is 2. The largest absolute Gasteiger partial charge is 0.497 e. The zero-order chi connectivity index (χ0) is 18.4. The van der Waals surface area contributed by atoms with Crippen molar-refractivity contribution in [3.8, 4) is 5.75 Å². The Labute approximate surface area is 153 Å². The maximum Gasteiger partial charge on any atom is 0.239 e. The Morgan fingerprint density at radius 2 is 2.00 bits per heavy atom. The highest BCUT2D eigenvalue weighted by Gasteiger charge is 2.21. The molecule has 0 aromatic heterocycles. The van der Waals surface area contributed by atoms with Crippen LogP contribution >= 0.6 is 0 Å². The number of hydrogen-bond donors (Lipinski definition) is 2. The fraction of sp³-hybridized carbons (Fsp3) is 0.300. The number of ether oxygens (including phenoxy) is 1. The lowest BCUT2D eigenvalue weighted by Crippen LogP contribution is -2.29. The van der Waals surface area contributed by atoms with E-state index in [1.54, 1.807) is 12.0 Å². The van der Waals surface area contributed by atoms with E-state index >= 15 is 0 Å². The molecule has 136 valence electrons. The van der Waals surface area contributed by atoms with E-state index in [1.165, 1.54) is 0 Å². The molecule has 0 unspecified atom stereocenters. The standard InChI is InChI=1S/C20H23N3O3/c1-26-18-5-2-4-15(12-18)13-22-19(24)14-21-16-7-9-17(10-8-16)23-11-3-6-20(23)25/h2,4-5,7-10,12,21H,3,6,11,13-14H2,1H3,(H,22,24). The second kappa shape index (κ2) is 8.38. The fourth-order valence-corrected chi connectivity index (χ4v) is 2.91. The third-order valence-electron chi connectivity index (χ3n) is 4.33. The summed E-state index contributed by atoms with van der Waals surface area (Å²) in [6, 6.07) is 15.2. The topological polar surface area (TPSA) is 70.7 Å². The first-order valence-electron chi connectivity index (χ1n) is 8.69. The predicted molar refractivity (Wildman–Crippen MR) is 101 cm³/mol. The first-order chi connectivity index (χ1) is 12.7. The number of benzene rings is 2. The number of carbonyl (C=O) groups is 2. The van der Waals surface area contributed by atoms with E-state index in [9.17, 15) is 9.59 Å². The van der Waals surface area contributed by atoms with Gasteiger partial charge in [-0.2, -0.15) is 0 Å². The number of nitrogens with one attached hydrogen (secondary N) is 2. The molecule has 3 rings (SSSR count). The minimum absolute atomic E-state index is 0.0911. The maximum atomic E-state index is 12.0. The van der Waals surface area contributed by atoms with Crippen LogP contribution in [0.25, 0.3) is 0 Å². The van der Waals surface area contributed by atoms with Crippen LogP contribution in [0.1, 0.15) is 18.4 Å². The van der Waals surface area contributed by atoms with Gasteiger partial charge in [-0.15, -0.1) is 0 Å². The van der Waals surface area contributed by atoms with E-state index in [2.05, 4.69) is 10.6 Å². The summed E-state index contributed by atoms with van der Waals surface area (Å²) in [7, 11) is 1.62. The summed E-state index contributed by atoms with van der Waals surface area (Å²) in [6.07, 6.45) is 1.53. The minimum Gasteiger partial charge on any atom is -0.497 e. The Balaban J connectivity index is 1.46. The van der Waals surface area contributed by atoms with Gasteiger partial charge in [0.05, 0.1) is 13.7 Å². The van der Waals surface area contributed by atoms with Gasteiger partial charge in [0, 0.05) is 30.9 Å². The summed E-state index contributed by atoms with van der Waals surface area (Å²) in [5, 5.41) is 5.96. The van der Waals surface area contributed by atoms with Crippen LogP contribution in [0, 0.1) is 0 Å². The highest BCUT2D eigenvalue weighted by molar-refractivity contribution is 5.95. The van der Waals surface area contributed by atoms with Crippen LogP contribution in [-0.4, -0.2) is 32.0 Å². The van der Waals surface area contributed by atoms with Gasteiger partial charge in [0.1, 0.15) is 5.75 Å². The summed E-state index contributed by atoms with van der Waals surface area (Å²) in [5.74, 6) is 0.848. The van der Waals surface area contributed by atoms with Gasteiger partial charge in [0.15, 0.2) is 0 Å². The SMILES string of the molecule is COc1cccc(CNC(=O)CNc2ccc(N3CCCC3=O)cc2)c1. The number of carbonyl (C=O) groups excluding carboxylic acids is 2. The second-order valence-corrected chi connectivity index (χ2v) is 6.18. The molecular weight excluding hydrogens is 330 g/mol. The summed E-state index contributed by atoms with van der Waals surface area (Å²) < 4.78 is 5.17. The molecule has 1 fully saturated rings. The average molecular weight is 353 g/mol. The molecule has 0 atom stereocenters. The Bertz CT molecular complexity index is 774. The van der Waals surface area contributed by atoms with Crippen LogP contribution in [-0.2, 0) is 16.1 Å². The molecule has 6 heteroatoms. The van der Waals surface area contributed by atoms with E-state index in [-0.39, 0.29) is 18.4 Å². The molecule has 2 amide bonds. The van der Waals surface area contributed by atoms with Gasteiger partial charge >= 0.3 is 0 Å². The summed E-state index contributed by atoms with van der Waals surface area (Å²) in [5.41, 5.74) is 2.73. The van der Waals surface area contributed by atoms with Crippen molar-refractivity contribution < 1.29 is 14.3 Å². The molecule has 1 aliphatic heterocycles. The highest BCUT2D eigenvalue weighted by Crippen LogP contribution is 2.22. The molecule has 0 radical (unpaired) electrons. The third-order valence-corrected chi connectivity index (χ3v) is 4.33. The molecule has 0 saturated carbocycles. The van der Waals surface area contributed by atoms with E-state index in [0.717, 1.165) is 35.7 Å². The summed E-state index contributed by atoms with van der Waals surface area (Å²) in [4.78, 5) is 25.6. The zero-order valence-electron chi connectivity index (χ0n) is 14.8. The number of nitrogens with zero attached hydrogens (tertiary/aromatic N) is 1. The number of methoxy groups -OCH3 is 1. The number of hydrogen-bond acceptors (Lipinski definition) is 4. The monoisotopic (exact) mass is 353 g/mol. The smallest absolute Gasteiger partial charge is 0.239 e. The number of amides is 2. The third kappa shape index (κ3) is 4.53. The van der Waals surface area contributed by atoms with E-state index in [4.69, 9.17) is 4.74 Å². The van der Waals surface area contributed by atoms with Crippen molar-refractivity contribution in [2.45, 2.75) is 19.4 Å². The Kier molecular flexibility index (Phi) is 5.73. The highest BCUT2D eigenvalue weighted by atomic mass is 16.5. The lowest BCUT2D eigenvalue weighted by molar-refractivity contribution is -0.119. The Morgan fingerprint density at radius 3 is 2.69 bits per heavy atom. The Hall–Kier alpha value is -3.02. The van der Waals surface area contributed by atoms with Crippen molar-refractivity contribution in [3.05, 3.63) is 54.1 Å². The van der Waals surface area contributed by atoms with Gasteiger partial charge in [-0.05, 0) is 48.4 Å². The first kappa shape index (κ1) is 17.8. The summed E-state index contributed by atoms with van der Waals surface area (Å²) >= 11 is 0. The van der Waals surface area contributed by atoms with Crippen molar-refractivity contribution in [1.29, 1.82) is 0 Å². The van der Waals surface area contributed by atoms with E-state index in [0.29, 0.717) is 13.0 Å². The van der Waals surface area contributed by atoms with Crippen LogP contribution in [0.5, 0.6) is 5.75 Å². The maximum absolute atomic E-state index is 12.0. The zero-order valence-corrected chi connectivity index (χ0v) is 14.8. The van der Waals surface area contributed by atoms with Gasteiger partial charge in [-0.3, -0.25) is 9.59 Å². The predicted octanol–water partition coefficient (Wildman–Crippen LogP) is 2.55. The lowest BCUT2D eigenvalue weighted by atomic mass is 10.2. The Morgan fingerprint density at radius 1 is 1.19 bits per heavy atom. The molecule has 6 nitrogen and oxygen atoms in total. The second-order valence-electron chi connectivity index (χ2n) is 6.18. The normalized spacial score (nSPS) is 13.6. The molecule has 2 aromatic carbocycles. The minimum atomic E-state index is -0.0911. The molecule has 1 saturated heterocycles. The fourth-order valence-electron chi connectivity index (χ4n) is 2.91. The number of rotatable bonds is 7. The quantitative estimate of drug-likeness (QED) is 0.803. The van der Waals surface area contributed by atoms with Crippen LogP contribution in [0.2, 0.25) is 0 Å².